The van der Waals surface area contributed by atoms with Crippen LogP contribution in [0.4, 0.5) is 0 Å². The van der Waals surface area contributed by atoms with Gasteiger partial charge in [-0.2, -0.15) is 0 Å². The summed E-state index contributed by atoms with van der Waals surface area (Å²) in [5, 5.41) is 6.90. The molecule has 0 unspecified atom stereocenters. The Morgan fingerprint density at radius 2 is 1.26 bits per heavy atom. The van der Waals surface area contributed by atoms with Crippen molar-refractivity contribution in [3.63, 3.8) is 0 Å². The number of para-hydroxylation sites is 2. The number of nitrogens with zero attached hydrogens (tertiary/aromatic N) is 2. The maximum absolute atomic E-state index is 14.2. The minimum absolute atomic E-state index is 0.198. The van der Waals surface area contributed by atoms with Crippen molar-refractivity contribution >= 4 is 17.6 Å². The first-order chi connectivity index (χ1) is 22.3. The number of hydrogen-bond acceptors (Lipinski definition) is 5. The number of rotatable bonds is 9. The third-order valence-electron chi connectivity index (χ3n) is 7.72. The molecule has 232 valence electrons. The van der Waals surface area contributed by atoms with E-state index in [1.165, 1.54) is 9.36 Å². The van der Waals surface area contributed by atoms with Crippen molar-refractivity contribution in [2.24, 2.45) is 0 Å². The van der Waals surface area contributed by atoms with Crippen molar-refractivity contribution in [2.45, 2.75) is 26.7 Å². The molecule has 10 heteroatoms. The van der Waals surface area contributed by atoms with E-state index in [4.69, 9.17) is 21.1 Å². The van der Waals surface area contributed by atoms with Gasteiger partial charge in [0.15, 0.2) is 11.5 Å². The van der Waals surface area contributed by atoms with Crippen molar-refractivity contribution < 1.29 is 14.3 Å². The average Bonchev–Trinajstić information content (AvgIpc) is 3.53. The summed E-state index contributed by atoms with van der Waals surface area (Å²) in [5.74, 6) is -0.895. The zero-order chi connectivity index (χ0) is 32.4. The molecule has 2 N–H and O–H groups in total. The highest BCUT2D eigenvalue weighted by molar-refractivity contribution is 6.30. The lowest BCUT2D eigenvalue weighted by atomic mass is 9.85. The predicted octanol–water partition coefficient (Wildman–Crippen LogP) is 6.71. The number of ether oxygens (including phenoxy) is 2. The average molecular weight is 635 g/mol. The molecule has 0 saturated heterocycles. The van der Waals surface area contributed by atoms with E-state index < -0.39 is 11.9 Å². The lowest BCUT2D eigenvalue weighted by Crippen LogP contribution is -2.25. The summed E-state index contributed by atoms with van der Waals surface area (Å²) >= 11 is 5.98. The van der Waals surface area contributed by atoms with E-state index in [1.54, 1.807) is 42.5 Å². The van der Waals surface area contributed by atoms with Crippen LogP contribution >= 0.6 is 11.6 Å². The van der Waals surface area contributed by atoms with Crippen LogP contribution in [0.1, 0.15) is 51.3 Å². The van der Waals surface area contributed by atoms with Crippen LogP contribution in [0.2, 0.25) is 5.02 Å². The lowest BCUT2D eigenvalue weighted by Gasteiger charge is -2.18. The Morgan fingerprint density at radius 3 is 1.76 bits per heavy atom. The minimum Gasteiger partial charge on any atom is -0.490 e. The van der Waals surface area contributed by atoms with Gasteiger partial charge in [-0.25, -0.2) is 14.2 Å². The molecule has 46 heavy (non-hydrogen) atoms. The molecule has 0 aliphatic carbocycles. The van der Waals surface area contributed by atoms with Crippen LogP contribution < -0.4 is 20.6 Å². The third-order valence-corrected chi connectivity index (χ3v) is 7.98. The summed E-state index contributed by atoms with van der Waals surface area (Å²) < 4.78 is 14.6. The highest BCUT2D eigenvalue weighted by Crippen LogP contribution is 2.38. The van der Waals surface area contributed by atoms with Gasteiger partial charge in [0.1, 0.15) is 0 Å². The second kappa shape index (κ2) is 12.8. The maximum Gasteiger partial charge on any atom is 0.343 e. The summed E-state index contributed by atoms with van der Waals surface area (Å²) in [6, 6.07) is 29.9. The van der Waals surface area contributed by atoms with E-state index in [2.05, 4.69) is 10.2 Å². The van der Waals surface area contributed by atoms with Gasteiger partial charge < -0.3 is 9.47 Å². The topological polar surface area (TPSA) is 111 Å². The fourth-order valence-electron chi connectivity index (χ4n) is 5.60. The van der Waals surface area contributed by atoms with Crippen molar-refractivity contribution in [1.82, 2.24) is 19.6 Å². The molecule has 0 spiro atoms. The number of aryl methyl sites for hydroxylation is 2. The first-order valence-corrected chi connectivity index (χ1v) is 15.1. The van der Waals surface area contributed by atoms with Crippen LogP contribution in [-0.2, 0) is 0 Å². The van der Waals surface area contributed by atoms with Gasteiger partial charge in [0.2, 0.25) is 0 Å². The number of esters is 1. The van der Waals surface area contributed by atoms with Gasteiger partial charge in [-0.1, -0.05) is 54.1 Å². The van der Waals surface area contributed by atoms with E-state index >= 15 is 0 Å². The number of carbonyl (C=O) groups is 1. The molecule has 6 aromatic rings. The number of benzene rings is 4. The van der Waals surface area contributed by atoms with Gasteiger partial charge in [-0.05, 0) is 87.0 Å². The van der Waals surface area contributed by atoms with Gasteiger partial charge in [0.05, 0.1) is 34.7 Å². The Hall–Kier alpha value is -5.54. The molecule has 6 rings (SSSR count). The largest absolute Gasteiger partial charge is 0.490 e. The Morgan fingerprint density at radius 1 is 0.739 bits per heavy atom. The van der Waals surface area contributed by atoms with E-state index in [9.17, 15) is 14.4 Å². The number of aromatic nitrogens is 4. The van der Waals surface area contributed by atoms with Crippen LogP contribution in [0.3, 0.4) is 0 Å². The lowest BCUT2D eigenvalue weighted by molar-refractivity contribution is 0.0728. The molecule has 0 amide bonds. The summed E-state index contributed by atoms with van der Waals surface area (Å²) in [6.45, 7) is 5.73. The molecule has 0 radical (unpaired) electrons. The molecular formula is C36H31ClN4O5. The number of aromatic amines is 2. The standard InChI is InChI=1S/C36H31ClN4O5/c1-4-45-30-21-25(17-20-29(30)46-36(44)24-15-18-26(37)19-16-24)33(31-22(2)38-40(34(31)42)27-11-7-5-8-12-27)32-23(3)39-41(35(32)43)28-13-9-6-10-14-28/h5-21,33,38-39H,4H2,1-3H3. The van der Waals surface area contributed by atoms with Crippen LogP contribution in [-0.4, -0.2) is 32.1 Å². The normalized spacial score (nSPS) is 11.2. The number of nitrogens with one attached hydrogen (secondary N) is 2. The molecule has 2 aromatic heterocycles. The number of hydrogen-bond donors (Lipinski definition) is 2. The second-order valence-electron chi connectivity index (χ2n) is 10.7. The first-order valence-electron chi connectivity index (χ1n) is 14.7. The second-order valence-corrected chi connectivity index (χ2v) is 11.2. The molecule has 0 bridgehead atoms. The van der Waals surface area contributed by atoms with Gasteiger partial charge in [0.25, 0.3) is 11.1 Å². The third kappa shape index (κ3) is 5.80. The van der Waals surface area contributed by atoms with E-state index in [1.807, 2.05) is 81.4 Å². The van der Waals surface area contributed by atoms with Crippen LogP contribution in [0.15, 0.2) is 113 Å². The number of H-pyrrole nitrogens is 2. The fourth-order valence-corrected chi connectivity index (χ4v) is 5.72. The van der Waals surface area contributed by atoms with Crippen LogP contribution in [0, 0.1) is 13.8 Å². The Bertz CT molecular complexity index is 2030. The zero-order valence-electron chi connectivity index (χ0n) is 25.4. The number of carbonyl (C=O) groups excluding carboxylic acids is 1. The molecule has 4 aromatic carbocycles. The number of halogens is 1. The molecule has 9 nitrogen and oxygen atoms in total. The Labute approximate surface area is 269 Å². The smallest absolute Gasteiger partial charge is 0.343 e. The van der Waals surface area contributed by atoms with Crippen molar-refractivity contribution in [3.8, 4) is 22.9 Å². The quantitative estimate of drug-likeness (QED) is 0.136. The Balaban J connectivity index is 1.52. The van der Waals surface area contributed by atoms with Crippen molar-refractivity contribution in [1.29, 1.82) is 0 Å². The van der Waals surface area contributed by atoms with Gasteiger partial charge in [-0.15, -0.1) is 0 Å². The van der Waals surface area contributed by atoms with Crippen molar-refractivity contribution in [3.05, 3.63) is 163 Å². The first kappa shape index (κ1) is 30.5. The fraction of sp³-hybridized carbons (Fsp3) is 0.139. The van der Waals surface area contributed by atoms with E-state index in [0.717, 1.165) is 0 Å². The van der Waals surface area contributed by atoms with Crippen LogP contribution in [0.5, 0.6) is 11.5 Å². The highest BCUT2D eigenvalue weighted by Gasteiger charge is 2.32. The van der Waals surface area contributed by atoms with E-state index in [0.29, 0.717) is 55.8 Å². The summed E-state index contributed by atoms with van der Waals surface area (Å²) in [7, 11) is 0. The molecule has 2 heterocycles. The van der Waals surface area contributed by atoms with Gasteiger partial charge in [0, 0.05) is 22.3 Å². The molecule has 0 fully saturated rings. The van der Waals surface area contributed by atoms with E-state index in [-0.39, 0.29) is 23.5 Å². The summed E-state index contributed by atoms with van der Waals surface area (Å²) in [6.07, 6.45) is 0. The van der Waals surface area contributed by atoms with Crippen molar-refractivity contribution in [2.75, 3.05) is 6.61 Å². The highest BCUT2D eigenvalue weighted by atomic mass is 35.5. The molecule has 0 aliphatic heterocycles. The zero-order valence-corrected chi connectivity index (χ0v) is 26.2. The summed E-state index contributed by atoms with van der Waals surface area (Å²) in [4.78, 5) is 41.3. The maximum atomic E-state index is 14.2. The minimum atomic E-state index is -0.803. The molecule has 0 aliphatic rings. The van der Waals surface area contributed by atoms with Crippen LogP contribution in [0.25, 0.3) is 11.4 Å². The van der Waals surface area contributed by atoms with Gasteiger partial charge >= 0.3 is 5.97 Å². The Kier molecular flexibility index (Phi) is 8.50. The molecule has 0 saturated carbocycles. The molecule has 0 atom stereocenters. The molecular weight excluding hydrogens is 604 g/mol. The monoisotopic (exact) mass is 634 g/mol. The summed E-state index contributed by atoms with van der Waals surface area (Å²) in [5.41, 5.74) is 3.65. The SMILES string of the molecule is CCOc1cc(C(c2c(C)[nH]n(-c3ccccc3)c2=O)c2c(C)[nH]n(-c3ccccc3)c2=O)ccc1OC(=O)c1ccc(Cl)cc1. The predicted molar refractivity (Wildman–Crippen MR) is 177 cm³/mol. The van der Waals surface area contributed by atoms with Gasteiger partial charge in [-0.3, -0.25) is 19.8 Å².